The van der Waals surface area contributed by atoms with Crippen molar-refractivity contribution in [2.24, 2.45) is 5.41 Å². The third kappa shape index (κ3) is 4.59. The van der Waals surface area contributed by atoms with Crippen molar-refractivity contribution in [3.8, 4) is 0 Å². The monoisotopic (exact) mass is 299 g/mol. The van der Waals surface area contributed by atoms with E-state index in [4.69, 9.17) is 0 Å². The first-order valence-corrected chi connectivity index (χ1v) is 7.79. The Morgan fingerprint density at radius 2 is 2.14 bits per heavy atom. The van der Waals surface area contributed by atoms with Crippen LogP contribution in [-0.2, 0) is 4.79 Å². The highest BCUT2D eigenvalue weighted by molar-refractivity contribution is 5.79. The number of carboxylic acid groups (broad SMARTS) is 1. The minimum Gasteiger partial charge on any atom is -0.481 e. The third-order valence-electron chi connectivity index (χ3n) is 4.85. The number of aliphatic carboxylic acids is 1. The molecule has 0 aromatic heterocycles. The van der Waals surface area contributed by atoms with E-state index in [-0.39, 0.29) is 12.1 Å². The maximum atomic E-state index is 11.9. The first-order valence-electron chi connectivity index (χ1n) is 7.79. The van der Waals surface area contributed by atoms with Crippen LogP contribution in [-0.4, -0.2) is 54.2 Å². The second-order valence-electron chi connectivity index (χ2n) is 6.31. The smallest absolute Gasteiger partial charge is 0.315 e. The predicted molar refractivity (Wildman–Crippen MR) is 82.3 cm³/mol. The average molecular weight is 299 g/mol. The fourth-order valence-electron chi connectivity index (χ4n) is 2.74. The standard InChI is InChI=1S/C15H29N3O3/c1-5-11(2)18(4)10-9-16-14(21)17-12-7-6-8-15(12,3)13(19)20/h11-12H,5-10H2,1-4H3,(H,19,20)(H2,16,17,21). The van der Waals surface area contributed by atoms with Crippen LogP contribution in [0.5, 0.6) is 0 Å². The Morgan fingerprint density at radius 1 is 1.48 bits per heavy atom. The zero-order valence-corrected chi connectivity index (χ0v) is 13.6. The third-order valence-corrected chi connectivity index (χ3v) is 4.85. The van der Waals surface area contributed by atoms with Crippen molar-refractivity contribution >= 4 is 12.0 Å². The molecule has 6 heteroatoms. The molecule has 1 aliphatic carbocycles. The first kappa shape index (κ1) is 17.8. The molecule has 2 amide bonds. The normalized spacial score (nSPS) is 26.6. The van der Waals surface area contributed by atoms with Gasteiger partial charge in [-0.3, -0.25) is 4.79 Å². The molecule has 0 bridgehead atoms. The van der Waals surface area contributed by atoms with Gasteiger partial charge in [0.1, 0.15) is 0 Å². The summed E-state index contributed by atoms with van der Waals surface area (Å²) in [5, 5.41) is 14.9. The molecule has 122 valence electrons. The Balaban J connectivity index is 2.36. The van der Waals surface area contributed by atoms with Crippen molar-refractivity contribution in [2.75, 3.05) is 20.1 Å². The lowest BCUT2D eigenvalue weighted by Gasteiger charge is -2.28. The second-order valence-corrected chi connectivity index (χ2v) is 6.31. The van der Waals surface area contributed by atoms with Gasteiger partial charge in [-0.05, 0) is 40.2 Å². The summed E-state index contributed by atoms with van der Waals surface area (Å²) in [4.78, 5) is 25.4. The number of nitrogens with zero attached hydrogens (tertiary/aromatic N) is 1. The van der Waals surface area contributed by atoms with Gasteiger partial charge >= 0.3 is 12.0 Å². The molecule has 0 aromatic rings. The molecule has 3 N–H and O–H groups in total. The molecule has 0 radical (unpaired) electrons. The number of hydrogen-bond acceptors (Lipinski definition) is 3. The Kier molecular flexibility index (Phi) is 6.45. The van der Waals surface area contributed by atoms with Gasteiger partial charge in [-0.15, -0.1) is 0 Å². The van der Waals surface area contributed by atoms with Crippen LogP contribution in [0.15, 0.2) is 0 Å². The van der Waals surface area contributed by atoms with Crippen molar-refractivity contribution in [2.45, 2.75) is 58.5 Å². The molecule has 0 aromatic carbocycles. The molecule has 0 spiro atoms. The Bertz CT molecular complexity index is 375. The summed E-state index contributed by atoms with van der Waals surface area (Å²) < 4.78 is 0. The highest BCUT2D eigenvalue weighted by Gasteiger charge is 2.45. The van der Waals surface area contributed by atoms with E-state index in [0.717, 1.165) is 25.8 Å². The lowest BCUT2D eigenvalue weighted by atomic mass is 9.85. The number of urea groups is 1. The van der Waals surface area contributed by atoms with Crippen LogP contribution >= 0.6 is 0 Å². The molecule has 1 fully saturated rings. The van der Waals surface area contributed by atoms with Crippen molar-refractivity contribution < 1.29 is 14.7 Å². The summed E-state index contributed by atoms with van der Waals surface area (Å²) in [7, 11) is 2.03. The largest absolute Gasteiger partial charge is 0.481 e. The van der Waals surface area contributed by atoms with E-state index >= 15 is 0 Å². The van der Waals surface area contributed by atoms with Crippen LogP contribution in [0.3, 0.4) is 0 Å². The molecule has 0 heterocycles. The fraction of sp³-hybridized carbons (Fsp3) is 0.867. The lowest BCUT2D eigenvalue weighted by molar-refractivity contribution is -0.148. The quantitative estimate of drug-likeness (QED) is 0.668. The summed E-state index contributed by atoms with van der Waals surface area (Å²) in [5.41, 5.74) is -0.842. The summed E-state index contributed by atoms with van der Waals surface area (Å²) >= 11 is 0. The molecule has 3 unspecified atom stereocenters. The topological polar surface area (TPSA) is 81.7 Å². The molecule has 1 aliphatic rings. The lowest BCUT2D eigenvalue weighted by Crippen LogP contribution is -2.51. The summed E-state index contributed by atoms with van der Waals surface area (Å²) in [6.07, 6.45) is 3.25. The van der Waals surface area contributed by atoms with Crippen LogP contribution in [0.25, 0.3) is 0 Å². The fourth-order valence-corrected chi connectivity index (χ4v) is 2.74. The summed E-state index contributed by atoms with van der Waals surface area (Å²) in [6, 6.07) is -0.0748. The number of carbonyl (C=O) groups excluding carboxylic acids is 1. The summed E-state index contributed by atoms with van der Waals surface area (Å²) in [5.74, 6) is -0.832. The van der Waals surface area contributed by atoms with Gasteiger partial charge in [0.15, 0.2) is 0 Å². The number of amides is 2. The molecule has 6 nitrogen and oxygen atoms in total. The van der Waals surface area contributed by atoms with Gasteiger partial charge in [-0.25, -0.2) is 4.79 Å². The Hall–Kier alpha value is -1.30. The van der Waals surface area contributed by atoms with Crippen LogP contribution in [0.1, 0.15) is 46.5 Å². The highest BCUT2D eigenvalue weighted by atomic mass is 16.4. The van der Waals surface area contributed by atoms with Crippen molar-refractivity contribution in [3.05, 3.63) is 0 Å². The van der Waals surface area contributed by atoms with Gasteiger partial charge in [0.05, 0.1) is 5.41 Å². The molecule has 0 aliphatic heterocycles. The van der Waals surface area contributed by atoms with E-state index in [2.05, 4.69) is 29.4 Å². The number of nitrogens with one attached hydrogen (secondary N) is 2. The number of carbonyl (C=O) groups is 2. The van der Waals surface area contributed by atoms with Gasteiger partial charge in [-0.1, -0.05) is 13.3 Å². The van der Waals surface area contributed by atoms with Crippen molar-refractivity contribution in [1.82, 2.24) is 15.5 Å². The first-order chi connectivity index (χ1) is 9.81. The van der Waals surface area contributed by atoms with E-state index in [1.165, 1.54) is 0 Å². The van der Waals surface area contributed by atoms with E-state index in [1.54, 1.807) is 6.92 Å². The molecule has 0 saturated heterocycles. The van der Waals surface area contributed by atoms with Crippen LogP contribution in [0, 0.1) is 5.41 Å². The van der Waals surface area contributed by atoms with E-state index in [1.807, 2.05) is 7.05 Å². The minimum absolute atomic E-state index is 0.271. The number of rotatable bonds is 7. The van der Waals surface area contributed by atoms with Crippen LogP contribution < -0.4 is 10.6 Å². The molecule has 1 rings (SSSR count). The zero-order valence-electron chi connectivity index (χ0n) is 13.6. The minimum atomic E-state index is -0.842. The SMILES string of the molecule is CCC(C)N(C)CCNC(=O)NC1CCCC1(C)C(=O)O. The molecular weight excluding hydrogens is 270 g/mol. The van der Waals surface area contributed by atoms with Gasteiger partial charge in [0, 0.05) is 25.2 Å². The van der Waals surface area contributed by atoms with Crippen molar-refractivity contribution in [1.29, 1.82) is 0 Å². The maximum Gasteiger partial charge on any atom is 0.315 e. The summed E-state index contributed by atoms with van der Waals surface area (Å²) in [6.45, 7) is 7.33. The Morgan fingerprint density at radius 3 is 2.71 bits per heavy atom. The van der Waals surface area contributed by atoms with E-state index < -0.39 is 11.4 Å². The van der Waals surface area contributed by atoms with Crippen molar-refractivity contribution in [3.63, 3.8) is 0 Å². The maximum absolute atomic E-state index is 11.9. The van der Waals surface area contributed by atoms with Gasteiger partial charge in [-0.2, -0.15) is 0 Å². The van der Waals surface area contributed by atoms with E-state index in [0.29, 0.717) is 19.0 Å². The number of hydrogen-bond donors (Lipinski definition) is 3. The van der Waals surface area contributed by atoms with Gasteiger partial charge in [0.2, 0.25) is 0 Å². The zero-order chi connectivity index (χ0) is 16.0. The molecule has 1 saturated carbocycles. The number of likely N-dealkylation sites (N-methyl/N-ethyl adjacent to an activating group) is 1. The highest BCUT2D eigenvalue weighted by Crippen LogP contribution is 2.38. The second kappa shape index (κ2) is 7.64. The molecular formula is C15H29N3O3. The molecule has 21 heavy (non-hydrogen) atoms. The molecule has 3 atom stereocenters. The number of carboxylic acids is 1. The van der Waals surface area contributed by atoms with Gasteiger partial charge in [0.25, 0.3) is 0 Å². The average Bonchev–Trinajstić information content (AvgIpc) is 2.80. The van der Waals surface area contributed by atoms with Crippen LogP contribution in [0.4, 0.5) is 4.79 Å². The predicted octanol–water partition coefficient (Wildman–Crippen LogP) is 1.66. The Labute approximate surface area is 127 Å². The van der Waals surface area contributed by atoms with Crippen LogP contribution in [0.2, 0.25) is 0 Å². The van der Waals surface area contributed by atoms with E-state index in [9.17, 15) is 14.7 Å². The van der Waals surface area contributed by atoms with Gasteiger partial charge < -0.3 is 20.6 Å².